The summed E-state index contributed by atoms with van der Waals surface area (Å²) in [6.45, 7) is 4.73. The van der Waals surface area contributed by atoms with Crippen molar-refractivity contribution >= 4 is 5.91 Å². The van der Waals surface area contributed by atoms with E-state index in [0.29, 0.717) is 6.61 Å². The Morgan fingerprint density at radius 3 is 2.91 bits per heavy atom. The van der Waals surface area contributed by atoms with Crippen LogP contribution in [0.25, 0.3) is 0 Å². The van der Waals surface area contributed by atoms with E-state index in [-0.39, 0.29) is 25.0 Å². The Balaban J connectivity index is 1.98. The van der Waals surface area contributed by atoms with Gasteiger partial charge in [0.05, 0.1) is 24.9 Å². The summed E-state index contributed by atoms with van der Waals surface area (Å²) in [5.74, 6) is 0.0993. The van der Waals surface area contributed by atoms with Crippen molar-refractivity contribution < 1.29 is 19.4 Å². The molecule has 0 saturated carbocycles. The van der Waals surface area contributed by atoms with Gasteiger partial charge in [0, 0.05) is 20.4 Å². The third kappa shape index (κ3) is 3.63. The second kappa shape index (κ2) is 7.17. The minimum atomic E-state index is -0.769. The third-order valence-electron chi connectivity index (χ3n) is 3.98. The molecule has 8 nitrogen and oxygen atoms in total. The molecule has 0 radical (unpaired) electrons. The van der Waals surface area contributed by atoms with Gasteiger partial charge in [-0.15, -0.1) is 5.10 Å². The fraction of sp³-hybridized carbons (Fsp3) is 0.786. The Hall–Kier alpha value is -1.51. The highest BCUT2D eigenvalue weighted by atomic mass is 16.5. The molecule has 124 valence electrons. The van der Waals surface area contributed by atoms with E-state index in [9.17, 15) is 9.90 Å². The summed E-state index contributed by atoms with van der Waals surface area (Å²) >= 11 is 0. The van der Waals surface area contributed by atoms with E-state index in [1.807, 2.05) is 13.8 Å². The summed E-state index contributed by atoms with van der Waals surface area (Å²) in [6.07, 6.45) is 0.574. The van der Waals surface area contributed by atoms with Gasteiger partial charge in [-0.05, 0) is 5.92 Å². The maximum atomic E-state index is 12.4. The fourth-order valence-corrected chi connectivity index (χ4v) is 2.39. The zero-order valence-corrected chi connectivity index (χ0v) is 13.5. The van der Waals surface area contributed by atoms with E-state index in [0.717, 1.165) is 5.69 Å². The summed E-state index contributed by atoms with van der Waals surface area (Å²) in [4.78, 5) is 13.9. The van der Waals surface area contributed by atoms with Crippen molar-refractivity contribution in [2.75, 3.05) is 27.4 Å². The fourth-order valence-electron chi connectivity index (χ4n) is 2.39. The van der Waals surface area contributed by atoms with Crippen LogP contribution in [-0.4, -0.2) is 76.5 Å². The van der Waals surface area contributed by atoms with Crippen LogP contribution in [0.3, 0.4) is 0 Å². The first-order valence-electron chi connectivity index (χ1n) is 7.38. The van der Waals surface area contributed by atoms with Crippen LogP contribution in [-0.2, 0) is 20.8 Å². The first-order valence-corrected chi connectivity index (χ1v) is 7.38. The van der Waals surface area contributed by atoms with Crippen molar-refractivity contribution in [3.63, 3.8) is 0 Å². The molecule has 1 fully saturated rings. The van der Waals surface area contributed by atoms with Crippen molar-refractivity contribution in [2.45, 2.75) is 44.6 Å². The van der Waals surface area contributed by atoms with Gasteiger partial charge < -0.3 is 19.5 Å². The number of aromatic nitrogens is 3. The zero-order chi connectivity index (χ0) is 16.3. The van der Waals surface area contributed by atoms with Gasteiger partial charge in [-0.2, -0.15) is 0 Å². The summed E-state index contributed by atoms with van der Waals surface area (Å²) in [5.41, 5.74) is 0.843. The van der Waals surface area contributed by atoms with Crippen LogP contribution in [0, 0.1) is 0 Å². The third-order valence-corrected chi connectivity index (χ3v) is 3.98. The van der Waals surface area contributed by atoms with E-state index in [1.165, 1.54) is 16.7 Å². The number of amides is 1. The number of methoxy groups -OCH3 is 1. The average molecular weight is 312 g/mol. The SMILES string of the molecule is CO[C@@H]1COC[C@@H](N(C)C(=O)Cn2cc(C(C)C)nn2)[C@@H]1O. The predicted molar refractivity (Wildman–Crippen MR) is 78.3 cm³/mol. The predicted octanol–water partition coefficient (Wildman–Crippen LogP) is -0.365. The minimum Gasteiger partial charge on any atom is -0.388 e. The number of ether oxygens (including phenoxy) is 2. The largest absolute Gasteiger partial charge is 0.388 e. The molecule has 8 heteroatoms. The van der Waals surface area contributed by atoms with Crippen LogP contribution in [0.5, 0.6) is 0 Å². The smallest absolute Gasteiger partial charge is 0.244 e. The van der Waals surface area contributed by atoms with Crippen molar-refractivity contribution in [1.29, 1.82) is 0 Å². The van der Waals surface area contributed by atoms with Crippen LogP contribution in [0.2, 0.25) is 0 Å². The van der Waals surface area contributed by atoms with Gasteiger partial charge in [-0.25, -0.2) is 4.68 Å². The van der Waals surface area contributed by atoms with E-state index >= 15 is 0 Å². The van der Waals surface area contributed by atoms with Crippen molar-refractivity contribution in [2.24, 2.45) is 0 Å². The lowest BCUT2D eigenvalue weighted by molar-refractivity contribution is -0.158. The Morgan fingerprint density at radius 2 is 2.32 bits per heavy atom. The number of carbonyl (C=O) groups is 1. The lowest BCUT2D eigenvalue weighted by atomic mass is 10.0. The summed E-state index contributed by atoms with van der Waals surface area (Å²) in [5, 5.41) is 18.2. The molecule has 3 atom stereocenters. The van der Waals surface area contributed by atoms with Crippen LogP contribution < -0.4 is 0 Å². The van der Waals surface area contributed by atoms with Gasteiger partial charge in [0.1, 0.15) is 18.8 Å². The van der Waals surface area contributed by atoms with Crippen LogP contribution in [0.15, 0.2) is 6.20 Å². The molecule has 0 aliphatic carbocycles. The number of hydrogen-bond acceptors (Lipinski definition) is 6. The summed E-state index contributed by atoms with van der Waals surface area (Å²) in [6, 6.07) is -0.431. The number of hydrogen-bond donors (Lipinski definition) is 1. The molecular weight excluding hydrogens is 288 g/mol. The van der Waals surface area contributed by atoms with Gasteiger partial charge in [0.15, 0.2) is 0 Å². The molecule has 22 heavy (non-hydrogen) atoms. The van der Waals surface area contributed by atoms with Gasteiger partial charge in [0.2, 0.25) is 5.91 Å². The highest BCUT2D eigenvalue weighted by Gasteiger charge is 2.37. The molecule has 1 aliphatic rings. The van der Waals surface area contributed by atoms with Gasteiger partial charge in [0.25, 0.3) is 0 Å². The molecule has 1 aliphatic heterocycles. The lowest BCUT2D eigenvalue weighted by Gasteiger charge is -2.38. The second-order valence-corrected chi connectivity index (χ2v) is 5.87. The monoisotopic (exact) mass is 312 g/mol. The molecule has 0 unspecified atom stereocenters. The summed E-state index contributed by atoms with van der Waals surface area (Å²) < 4.78 is 12.1. The highest BCUT2D eigenvalue weighted by molar-refractivity contribution is 5.76. The topological polar surface area (TPSA) is 89.7 Å². The van der Waals surface area contributed by atoms with Crippen LogP contribution in [0.1, 0.15) is 25.5 Å². The maximum absolute atomic E-state index is 12.4. The molecule has 0 aromatic carbocycles. The van der Waals surface area contributed by atoms with E-state index in [2.05, 4.69) is 10.3 Å². The number of likely N-dealkylation sites (N-methyl/N-ethyl adjacent to an activating group) is 1. The Labute approximate surface area is 130 Å². The van der Waals surface area contributed by atoms with Gasteiger partial charge in [-0.3, -0.25) is 4.79 Å². The number of rotatable bonds is 5. The van der Waals surface area contributed by atoms with E-state index in [1.54, 1.807) is 13.2 Å². The summed E-state index contributed by atoms with van der Waals surface area (Å²) in [7, 11) is 3.17. The van der Waals surface area contributed by atoms with Gasteiger partial charge in [-0.1, -0.05) is 19.1 Å². The van der Waals surface area contributed by atoms with Gasteiger partial charge >= 0.3 is 0 Å². The first kappa shape index (κ1) is 16.9. The van der Waals surface area contributed by atoms with Crippen molar-refractivity contribution in [3.8, 4) is 0 Å². The number of aliphatic hydroxyl groups is 1. The molecule has 0 spiro atoms. The first-order chi connectivity index (χ1) is 10.4. The molecule has 1 N–H and O–H groups in total. The number of aliphatic hydroxyl groups excluding tert-OH is 1. The van der Waals surface area contributed by atoms with Crippen LogP contribution >= 0.6 is 0 Å². The van der Waals surface area contributed by atoms with E-state index < -0.39 is 18.2 Å². The number of nitrogens with zero attached hydrogens (tertiary/aromatic N) is 4. The Bertz CT molecular complexity index is 505. The van der Waals surface area contributed by atoms with E-state index in [4.69, 9.17) is 9.47 Å². The average Bonchev–Trinajstić information content (AvgIpc) is 2.95. The van der Waals surface area contributed by atoms with Crippen molar-refractivity contribution in [3.05, 3.63) is 11.9 Å². The zero-order valence-electron chi connectivity index (χ0n) is 13.5. The van der Waals surface area contributed by atoms with Crippen LogP contribution in [0.4, 0.5) is 0 Å². The standard InChI is InChI=1S/C14H24N4O4/c1-9(2)10-5-18(16-15-10)6-13(19)17(3)11-7-22-8-12(21-4)14(11)20/h5,9,11-12,14,20H,6-8H2,1-4H3/t11-,12-,14+/m1/s1. The Kier molecular flexibility index (Phi) is 5.49. The quantitative estimate of drug-likeness (QED) is 0.798. The highest BCUT2D eigenvalue weighted by Crippen LogP contribution is 2.16. The maximum Gasteiger partial charge on any atom is 0.244 e. The molecule has 1 aromatic rings. The molecule has 1 amide bonds. The molecular formula is C14H24N4O4. The molecule has 2 heterocycles. The minimum absolute atomic E-state index is 0.0804. The molecule has 1 saturated heterocycles. The lowest BCUT2D eigenvalue weighted by Crippen LogP contribution is -2.57. The molecule has 2 rings (SSSR count). The number of carbonyl (C=O) groups excluding carboxylic acids is 1. The normalized spacial score (nSPS) is 25.5. The van der Waals surface area contributed by atoms with Crippen molar-refractivity contribution in [1.82, 2.24) is 19.9 Å². The Morgan fingerprint density at radius 1 is 1.59 bits per heavy atom. The second-order valence-electron chi connectivity index (χ2n) is 5.87. The molecule has 1 aromatic heterocycles. The molecule has 0 bridgehead atoms.